The van der Waals surface area contributed by atoms with E-state index in [2.05, 4.69) is 25.1 Å². The number of halogens is 1. The Morgan fingerprint density at radius 3 is 1.93 bits per heavy atom. The molecule has 1 atom stereocenters. The number of nitrogens with one attached hydrogen (secondary N) is 1. The van der Waals surface area contributed by atoms with E-state index in [-0.39, 0.29) is 0 Å². The molecule has 1 aromatic heterocycles. The van der Waals surface area contributed by atoms with E-state index in [4.69, 9.17) is 16.6 Å². The number of aromatic nitrogens is 3. The number of nitrogens with zero attached hydrogens (tertiary/aromatic N) is 5. The van der Waals surface area contributed by atoms with Crippen LogP contribution >= 0.6 is 11.6 Å². The second-order valence-electron chi connectivity index (χ2n) is 7.10. The van der Waals surface area contributed by atoms with Crippen molar-refractivity contribution in [1.82, 2.24) is 15.0 Å². The second-order valence-corrected chi connectivity index (χ2v) is 7.53. The summed E-state index contributed by atoms with van der Waals surface area (Å²) in [6, 6.07) is 7.21. The summed E-state index contributed by atoms with van der Waals surface area (Å²) in [7, 11) is 0. The first-order valence-electron chi connectivity index (χ1n) is 9.62. The lowest BCUT2D eigenvalue weighted by atomic mass is 10.1. The highest BCUT2D eigenvalue weighted by Crippen LogP contribution is 2.23. The lowest BCUT2D eigenvalue weighted by Crippen LogP contribution is -2.26. The fraction of sp³-hybridized carbons (Fsp3) is 0.526. The monoisotopic (exact) mass is 388 g/mol. The summed E-state index contributed by atoms with van der Waals surface area (Å²) < 4.78 is 0. The largest absolute Gasteiger partial charge is 0.387 e. The van der Waals surface area contributed by atoms with Crippen molar-refractivity contribution in [3.8, 4) is 0 Å². The van der Waals surface area contributed by atoms with Crippen LogP contribution in [0.3, 0.4) is 0 Å². The van der Waals surface area contributed by atoms with Crippen LogP contribution in [0.2, 0.25) is 5.02 Å². The van der Waals surface area contributed by atoms with Crippen LogP contribution in [0.15, 0.2) is 24.3 Å². The number of hydrogen-bond acceptors (Lipinski definition) is 7. The smallest absolute Gasteiger partial charge is 0.231 e. The molecule has 0 aliphatic carbocycles. The van der Waals surface area contributed by atoms with Gasteiger partial charge < -0.3 is 20.2 Å². The van der Waals surface area contributed by atoms with Gasteiger partial charge in [-0.05, 0) is 43.4 Å². The minimum atomic E-state index is -0.662. The molecule has 4 rings (SSSR count). The zero-order valence-electron chi connectivity index (χ0n) is 15.3. The van der Waals surface area contributed by atoms with Gasteiger partial charge >= 0.3 is 0 Å². The van der Waals surface area contributed by atoms with Crippen LogP contribution in [0, 0.1) is 0 Å². The summed E-state index contributed by atoms with van der Waals surface area (Å²) >= 11 is 5.92. The van der Waals surface area contributed by atoms with Gasteiger partial charge in [-0.3, -0.25) is 0 Å². The molecular formula is C19H25ClN6O. The Morgan fingerprint density at radius 2 is 1.41 bits per heavy atom. The Labute approximate surface area is 164 Å². The molecule has 27 heavy (non-hydrogen) atoms. The Hall–Kier alpha value is -2.12. The van der Waals surface area contributed by atoms with Gasteiger partial charge in [0.2, 0.25) is 17.8 Å². The van der Waals surface area contributed by atoms with Gasteiger partial charge in [-0.2, -0.15) is 15.0 Å². The number of benzene rings is 1. The van der Waals surface area contributed by atoms with Crippen molar-refractivity contribution in [2.75, 3.05) is 47.8 Å². The molecule has 2 saturated heterocycles. The molecule has 7 nitrogen and oxygen atoms in total. The highest BCUT2D eigenvalue weighted by Gasteiger charge is 2.21. The summed E-state index contributed by atoms with van der Waals surface area (Å²) in [6.07, 6.45) is 4.02. The Bertz CT molecular complexity index is 725. The van der Waals surface area contributed by atoms with Gasteiger partial charge in [0, 0.05) is 37.7 Å². The quantitative estimate of drug-likeness (QED) is 0.787. The summed E-state index contributed by atoms with van der Waals surface area (Å²) in [4.78, 5) is 18.3. The Balaban J connectivity index is 1.50. The maximum absolute atomic E-state index is 10.4. The van der Waals surface area contributed by atoms with E-state index in [0.29, 0.717) is 17.5 Å². The molecule has 144 valence electrons. The van der Waals surface area contributed by atoms with Gasteiger partial charge in [-0.15, -0.1) is 0 Å². The van der Waals surface area contributed by atoms with Crippen LogP contribution in [0.25, 0.3) is 0 Å². The van der Waals surface area contributed by atoms with Crippen LogP contribution in [-0.2, 0) is 0 Å². The van der Waals surface area contributed by atoms with Crippen LogP contribution in [-0.4, -0.2) is 52.8 Å². The predicted octanol–water partition coefficient (Wildman–Crippen LogP) is 2.87. The first kappa shape index (κ1) is 18.3. The van der Waals surface area contributed by atoms with Crippen molar-refractivity contribution in [1.29, 1.82) is 0 Å². The molecule has 2 aliphatic heterocycles. The van der Waals surface area contributed by atoms with Crippen molar-refractivity contribution < 1.29 is 5.11 Å². The highest BCUT2D eigenvalue weighted by atomic mass is 35.5. The van der Waals surface area contributed by atoms with Gasteiger partial charge in [0.1, 0.15) is 0 Å². The number of aliphatic hydroxyl groups excluding tert-OH is 1. The maximum Gasteiger partial charge on any atom is 0.231 e. The topological polar surface area (TPSA) is 77.4 Å². The van der Waals surface area contributed by atoms with Crippen molar-refractivity contribution in [2.24, 2.45) is 0 Å². The Morgan fingerprint density at radius 1 is 0.889 bits per heavy atom. The van der Waals surface area contributed by atoms with Crippen molar-refractivity contribution in [3.63, 3.8) is 0 Å². The normalized spacial score (nSPS) is 18.1. The van der Waals surface area contributed by atoms with Crippen LogP contribution < -0.4 is 15.1 Å². The molecule has 0 spiro atoms. The SMILES string of the molecule is OC(CNc1nc(N2CCCC2)nc(N2CCCC2)n1)c1ccc(Cl)cc1. The van der Waals surface area contributed by atoms with E-state index in [1.165, 1.54) is 25.7 Å². The number of anilines is 3. The molecule has 0 radical (unpaired) electrons. The molecule has 2 aromatic rings. The fourth-order valence-electron chi connectivity index (χ4n) is 3.54. The predicted molar refractivity (Wildman–Crippen MR) is 108 cm³/mol. The molecular weight excluding hydrogens is 364 g/mol. The maximum atomic E-state index is 10.4. The molecule has 2 N–H and O–H groups in total. The summed E-state index contributed by atoms with van der Waals surface area (Å²) in [5, 5.41) is 14.3. The molecule has 0 saturated carbocycles. The summed E-state index contributed by atoms with van der Waals surface area (Å²) in [6.45, 7) is 4.25. The zero-order valence-corrected chi connectivity index (χ0v) is 16.1. The van der Waals surface area contributed by atoms with Gasteiger partial charge in [0.15, 0.2) is 0 Å². The molecule has 1 unspecified atom stereocenters. The average molecular weight is 389 g/mol. The van der Waals surface area contributed by atoms with E-state index >= 15 is 0 Å². The fourth-order valence-corrected chi connectivity index (χ4v) is 3.67. The van der Waals surface area contributed by atoms with Crippen LogP contribution in [0.1, 0.15) is 37.4 Å². The zero-order chi connectivity index (χ0) is 18.6. The first-order valence-corrected chi connectivity index (χ1v) is 10.0. The molecule has 3 heterocycles. The molecule has 0 bridgehead atoms. The minimum absolute atomic E-state index is 0.324. The van der Waals surface area contributed by atoms with Crippen molar-refractivity contribution in [2.45, 2.75) is 31.8 Å². The van der Waals surface area contributed by atoms with Gasteiger partial charge in [-0.1, -0.05) is 23.7 Å². The number of aliphatic hydroxyl groups is 1. The standard InChI is InChI=1S/C19H25ClN6O/c20-15-7-5-14(6-8-15)16(27)13-21-17-22-18(25-9-1-2-10-25)24-19(23-17)26-11-3-4-12-26/h5-8,16,27H,1-4,9-13H2,(H,21,22,23,24). The third-order valence-electron chi connectivity index (χ3n) is 5.10. The number of hydrogen-bond donors (Lipinski definition) is 2. The van der Waals surface area contributed by atoms with E-state index in [0.717, 1.165) is 43.6 Å². The average Bonchev–Trinajstić information content (AvgIpc) is 3.40. The van der Waals surface area contributed by atoms with E-state index in [9.17, 15) is 5.11 Å². The van der Waals surface area contributed by atoms with E-state index in [1.54, 1.807) is 12.1 Å². The van der Waals surface area contributed by atoms with Crippen molar-refractivity contribution >= 4 is 29.4 Å². The van der Waals surface area contributed by atoms with Crippen molar-refractivity contribution in [3.05, 3.63) is 34.9 Å². The third kappa shape index (κ3) is 4.42. The molecule has 0 amide bonds. The lowest BCUT2D eigenvalue weighted by molar-refractivity contribution is 0.191. The molecule has 8 heteroatoms. The third-order valence-corrected chi connectivity index (χ3v) is 5.35. The summed E-state index contributed by atoms with van der Waals surface area (Å²) in [5.74, 6) is 1.97. The van der Waals surface area contributed by atoms with E-state index < -0.39 is 6.10 Å². The summed E-state index contributed by atoms with van der Waals surface area (Å²) in [5.41, 5.74) is 0.806. The van der Waals surface area contributed by atoms with E-state index in [1.807, 2.05) is 12.1 Å². The van der Waals surface area contributed by atoms with Crippen LogP contribution in [0.4, 0.5) is 17.8 Å². The highest BCUT2D eigenvalue weighted by molar-refractivity contribution is 6.30. The molecule has 2 aliphatic rings. The van der Waals surface area contributed by atoms with Gasteiger partial charge in [-0.25, -0.2) is 0 Å². The number of rotatable bonds is 6. The lowest BCUT2D eigenvalue weighted by Gasteiger charge is -2.21. The van der Waals surface area contributed by atoms with Crippen LogP contribution in [0.5, 0.6) is 0 Å². The first-order chi connectivity index (χ1) is 13.2. The van der Waals surface area contributed by atoms with Gasteiger partial charge in [0.25, 0.3) is 0 Å². The van der Waals surface area contributed by atoms with Gasteiger partial charge in [0.05, 0.1) is 6.10 Å². The minimum Gasteiger partial charge on any atom is -0.387 e. The molecule has 1 aromatic carbocycles. The Kier molecular flexibility index (Phi) is 5.59. The second kappa shape index (κ2) is 8.27. The molecule has 2 fully saturated rings.